The normalized spacial score (nSPS) is 10.8. The average molecular weight is 588 g/mol. The Hall–Kier alpha value is -3.72. The van der Waals surface area contributed by atoms with E-state index in [1.54, 1.807) is 48.5 Å². The van der Waals surface area contributed by atoms with Gasteiger partial charge in [-0.15, -0.1) is 0 Å². The van der Waals surface area contributed by atoms with Crippen molar-refractivity contribution in [2.24, 2.45) is 0 Å². The number of benzene rings is 3. The first-order chi connectivity index (χ1) is 18.7. The second-order valence-electron chi connectivity index (χ2n) is 8.66. The number of hydrogen-bond acceptors (Lipinski definition) is 4. The maximum atomic E-state index is 13.2. The Labute approximate surface area is 240 Å². The first-order valence-corrected chi connectivity index (χ1v) is 13.3. The number of halogens is 3. The molecule has 11 heteroatoms. The fraction of sp³-hybridized carbons (Fsp3) is 0.179. The van der Waals surface area contributed by atoms with Crippen molar-refractivity contribution in [1.82, 2.24) is 4.68 Å². The number of unbranched alkanes of at least 4 members (excludes halogenated alkanes) is 2. The van der Waals surface area contributed by atoms with Crippen LogP contribution in [0.15, 0.2) is 66.7 Å². The summed E-state index contributed by atoms with van der Waals surface area (Å²) >= 11 is 18.2. The number of anilines is 2. The van der Waals surface area contributed by atoms with Crippen LogP contribution in [0.2, 0.25) is 15.1 Å². The van der Waals surface area contributed by atoms with Crippen molar-refractivity contribution >= 4 is 74.8 Å². The number of amides is 3. The molecule has 3 N–H and O–H groups in total. The highest BCUT2D eigenvalue weighted by atomic mass is 35.5. The highest BCUT2D eigenvalue weighted by Gasteiger charge is 2.21. The third-order valence-electron chi connectivity index (χ3n) is 5.67. The Bertz CT molecular complexity index is 1500. The molecule has 0 bridgehead atoms. The van der Waals surface area contributed by atoms with Crippen LogP contribution in [0.25, 0.3) is 10.9 Å². The second kappa shape index (κ2) is 12.9. The van der Waals surface area contributed by atoms with Crippen molar-refractivity contribution in [1.29, 1.82) is 0 Å². The van der Waals surface area contributed by atoms with Crippen LogP contribution in [0.3, 0.4) is 0 Å². The molecule has 39 heavy (non-hydrogen) atoms. The third-order valence-corrected chi connectivity index (χ3v) is 6.34. The van der Waals surface area contributed by atoms with E-state index in [-0.39, 0.29) is 5.69 Å². The number of nitrogens with one attached hydrogen (secondary N) is 3. The summed E-state index contributed by atoms with van der Waals surface area (Å²) in [5.41, 5.74) is 3.78. The summed E-state index contributed by atoms with van der Waals surface area (Å²) < 4.78 is 6.89. The van der Waals surface area contributed by atoms with E-state index in [2.05, 4.69) is 23.0 Å². The average Bonchev–Trinajstić information content (AvgIpc) is 3.24. The maximum absolute atomic E-state index is 13.2. The van der Waals surface area contributed by atoms with E-state index in [1.807, 2.05) is 0 Å². The molecule has 3 amide bonds. The molecule has 202 valence electrons. The summed E-state index contributed by atoms with van der Waals surface area (Å²) in [6.45, 7) is 2.73. The lowest BCUT2D eigenvalue weighted by atomic mass is 10.2. The molecule has 0 unspecified atom stereocenters. The summed E-state index contributed by atoms with van der Waals surface area (Å²) in [5, 5.41) is 6.94. The van der Waals surface area contributed by atoms with Crippen LogP contribution in [0.5, 0.6) is 5.75 Å². The second-order valence-corrected chi connectivity index (χ2v) is 9.96. The molecule has 0 aliphatic carbocycles. The predicted molar refractivity (Wildman–Crippen MR) is 156 cm³/mol. The Kier molecular flexibility index (Phi) is 9.35. The SMILES string of the molecule is CCCCCOc1ccc(NC(=O)C(=O)Nn2c(C(=O)Nc3cc(Cl)cc(Cl)c3)cc3cc(Cl)ccc32)cc1. The lowest BCUT2D eigenvalue weighted by Gasteiger charge is -2.13. The predicted octanol–water partition coefficient (Wildman–Crippen LogP) is 7.13. The van der Waals surface area contributed by atoms with Crippen LogP contribution in [0.1, 0.15) is 36.7 Å². The van der Waals surface area contributed by atoms with E-state index < -0.39 is 17.7 Å². The fourth-order valence-electron chi connectivity index (χ4n) is 3.81. The molecule has 4 rings (SSSR count). The van der Waals surface area contributed by atoms with Gasteiger partial charge in [-0.2, -0.15) is 0 Å². The zero-order valence-corrected chi connectivity index (χ0v) is 23.2. The fourth-order valence-corrected chi connectivity index (χ4v) is 4.52. The molecule has 0 aliphatic heterocycles. The Morgan fingerprint density at radius 3 is 2.18 bits per heavy atom. The number of hydrogen-bond donors (Lipinski definition) is 3. The van der Waals surface area contributed by atoms with Gasteiger partial charge in [0.05, 0.1) is 12.1 Å². The van der Waals surface area contributed by atoms with Crippen molar-refractivity contribution in [3.8, 4) is 5.75 Å². The van der Waals surface area contributed by atoms with Gasteiger partial charge in [0.1, 0.15) is 11.4 Å². The molecule has 0 aliphatic rings. The molecule has 0 fully saturated rings. The molecule has 0 spiro atoms. The van der Waals surface area contributed by atoms with Crippen LogP contribution in [-0.4, -0.2) is 29.0 Å². The monoisotopic (exact) mass is 586 g/mol. The van der Waals surface area contributed by atoms with Gasteiger partial charge < -0.3 is 15.4 Å². The molecular weight excluding hydrogens is 563 g/mol. The van der Waals surface area contributed by atoms with Crippen LogP contribution in [0.4, 0.5) is 11.4 Å². The van der Waals surface area contributed by atoms with Gasteiger partial charge in [0.15, 0.2) is 0 Å². The van der Waals surface area contributed by atoms with Gasteiger partial charge in [0, 0.05) is 31.8 Å². The topological polar surface area (TPSA) is 101 Å². The molecule has 0 saturated heterocycles. The van der Waals surface area contributed by atoms with E-state index in [1.165, 1.54) is 22.9 Å². The number of fused-ring (bicyclic) bond motifs is 1. The van der Waals surface area contributed by atoms with Gasteiger partial charge >= 0.3 is 11.8 Å². The van der Waals surface area contributed by atoms with Gasteiger partial charge in [0.2, 0.25) is 0 Å². The highest BCUT2D eigenvalue weighted by Crippen LogP contribution is 2.26. The largest absolute Gasteiger partial charge is 0.494 e. The Morgan fingerprint density at radius 2 is 1.49 bits per heavy atom. The number of rotatable bonds is 9. The third kappa shape index (κ3) is 7.44. The lowest BCUT2D eigenvalue weighted by molar-refractivity contribution is -0.133. The van der Waals surface area contributed by atoms with Crippen LogP contribution < -0.4 is 20.8 Å². The highest BCUT2D eigenvalue weighted by molar-refractivity contribution is 6.42. The van der Waals surface area contributed by atoms with Gasteiger partial charge in [-0.25, -0.2) is 4.68 Å². The Balaban J connectivity index is 1.50. The van der Waals surface area contributed by atoms with Crippen molar-refractivity contribution in [3.63, 3.8) is 0 Å². The van der Waals surface area contributed by atoms with Crippen LogP contribution in [0, 0.1) is 0 Å². The molecule has 4 aromatic rings. The zero-order chi connectivity index (χ0) is 27.9. The number of ether oxygens (including phenoxy) is 1. The standard InChI is InChI=1S/C28H25Cl3N4O4/c1-2-3-4-11-39-23-8-6-21(7-9-23)32-27(37)28(38)34-35-24-10-5-18(29)12-17(24)13-25(35)26(36)33-22-15-19(30)14-20(31)16-22/h5-10,12-16H,2-4,11H2,1H3,(H,32,37)(H,33,36)(H,34,38). The summed E-state index contributed by atoms with van der Waals surface area (Å²) in [4.78, 5) is 38.7. The molecule has 0 saturated carbocycles. The number of carbonyl (C=O) groups is 3. The molecule has 0 atom stereocenters. The molecule has 0 radical (unpaired) electrons. The van der Waals surface area contributed by atoms with Crippen molar-refractivity contribution in [2.75, 3.05) is 22.7 Å². The molecule has 3 aromatic carbocycles. The Morgan fingerprint density at radius 1 is 0.769 bits per heavy atom. The van der Waals surface area contributed by atoms with E-state index in [4.69, 9.17) is 39.5 Å². The first-order valence-electron chi connectivity index (χ1n) is 12.2. The van der Waals surface area contributed by atoms with E-state index in [0.29, 0.717) is 49.7 Å². The zero-order valence-electron chi connectivity index (χ0n) is 20.9. The minimum atomic E-state index is -0.984. The van der Waals surface area contributed by atoms with Gasteiger partial charge in [0.25, 0.3) is 5.91 Å². The first kappa shape index (κ1) is 28.3. The molecule has 1 heterocycles. The van der Waals surface area contributed by atoms with Gasteiger partial charge in [-0.05, 0) is 73.2 Å². The minimum absolute atomic E-state index is 0.0501. The van der Waals surface area contributed by atoms with Gasteiger partial charge in [-0.3, -0.25) is 19.8 Å². The van der Waals surface area contributed by atoms with Crippen molar-refractivity contribution in [2.45, 2.75) is 26.2 Å². The number of nitrogens with zero attached hydrogens (tertiary/aromatic N) is 1. The van der Waals surface area contributed by atoms with Crippen LogP contribution >= 0.6 is 34.8 Å². The molecular formula is C28H25Cl3N4O4. The lowest BCUT2D eigenvalue weighted by Crippen LogP contribution is -2.36. The summed E-state index contributed by atoms with van der Waals surface area (Å²) in [6.07, 6.45) is 3.15. The summed E-state index contributed by atoms with van der Waals surface area (Å²) in [5.74, 6) is -1.81. The van der Waals surface area contributed by atoms with Crippen molar-refractivity contribution in [3.05, 3.63) is 87.5 Å². The molecule has 1 aromatic heterocycles. The molecule has 8 nitrogen and oxygen atoms in total. The number of carbonyl (C=O) groups excluding carboxylic acids is 3. The quantitative estimate of drug-likeness (QED) is 0.143. The smallest absolute Gasteiger partial charge is 0.328 e. The number of aromatic nitrogens is 1. The summed E-state index contributed by atoms with van der Waals surface area (Å²) in [7, 11) is 0. The van der Waals surface area contributed by atoms with E-state index >= 15 is 0 Å². The van der Waals surface area contributed by atoms with Crippen LogP contribution in [-0.2, 0) is 9.59 Å². The maximum Gasteiger partial charge on any atom is 0.328 e. The van der Waals surface area contributed by atoms with Crippen molar-refractivity contribution < 1.29 is 19.1 Å². The summed E-state index contributed by atoms with van der Waals surface area (Å²) in [6, 6.07) is 17.7. The van der Waals surface area contributed by atoms with E-state index in [0.717, 1.165) is 19.3 Å². The van der Waals surface area contributed by atoms with E-state index in [9.17, 15) is 14.4 Å². The minimum Gasteiger partial charge on any atom is -0.494 e. The van der Waals surface area contributed by atoms with Gasteiger partial charge in [-0.1, -0.05) is 54.6 Å².